The molecule has 1 aromatic heterocycles. The first kappa shape index (κ1) is 17.0. The first-order chi connectivity index (χ1) is 13.2. The smallest absolute Gasteiger partial charge is 0.226 e. The highest BCUT2D eigenvalue weighted by atomic mass is 16.5. The predicted octanol–water partition coefficient (Wildman–Crippen LogP) is 3.36. The molecule has 3 aromatic rings. The van der Waals surface area contributed by atoms with Gasteiger partial charge in [-0.25, -0.2) is 4.68 Å². The standard InChI is InChI=1S/C20H20N4O3/c1-25-14-7-4-6-13(10-14)16-11-17(24-20(23-16)21-12-22-24)15-8-5-9-18(26-2)19(15)27-3/h4-12,17H,1-3H3,(H,21,22,23)/t17-/m1/s1. The number of para-hydroxylation sites is 1. The van der Waals surface area contributed by atoms with Crippen molar-refractivity contribution in [3.05, 3.63) is 66.0 Å². The molecule has 0 spiro atoms. The third-order valence-electron chi connectivity index (χ3n) is 4.54. The molecule has 0 bridgehead atoms. The van der Waals surface area contributed by atoms with Crippen molar-refractivity contribution in [2.75, 3.05) is 26.6 Å². The normalized spacial score (nSPS) is 15.4. The SMILES string of the molecule is COc1cccc(C2=C[C@H](c3cccc(OC)c3OC)n3ncnc3N2)c1. The van der Waals surface area contributed by atoms with E-state index in [0.717, 1.165) is 22.6 Å². The second-order valence-corrected chi connectivity index (χ2v) is 5.99. The summed E-state index contributed by atoms with van der Waals surface area (Å²) in [6.45, 7) is 0. The molecule has 0 radical (unpaired) electrons. The van der Waals surface area contributed by atoms with Crippen molar-refractivity contribution in [2.24, 2.45) is 0 Å². The second kappa shape index (κ2) is 7.03. The lowest BCUT2D eigenvalue weighted by atomic mass is 10.0. The van der Waals surface area contributed by atoms with E-state index in [9.17, 15) is 0 Å². The van der Waals surface area contributed by atoms with Crippen molar-refractivity contribution >= 4 is 11.6 Å². The largest absolute Gasteiger partial charge is 0.497 e. The van der Waals surface area contributed by atoms with Crippen LogP contribution in [-0.2, 0) is 0 Å². The van der Waals surface area contributed by atoms with Gasteiger partial charge in [0.25, 0.3) is 0 Å². The van der Waals surface area contributed by atoms with Gasteiger partial charge in [0.05, 0.1) is 21.3 Å². The van der Waals surface area contributed by atoms with Gasteiger partial charge in [0.15, 0.2) is 11.5 Å². The molecule has 1 aliphatic heterocycles. The van der Waals surface area contributed by atoms with E-state index in [1.807, 2.05) is 47.1 Å². The van der Waals surface area contributed by atoms with Crippen LogP contribution in [-0.4, -0.2) is 36.1 Å². The van der Waals surface area contributed by atoms with Crippen LogP contribution in [0.1, 0.15) is 17.2 Å². The fourth-order valence-corrected chi connectivity index (χ4v) is 3.26. The van der Waals surface area contributed by atoms with Crippen LogP contribution in [0.15, 0.2) is 54.9 Å². The monoisotopic (exact) mass is 364 g/mol. The zero-order valence-corrected chi connectivity index (χ0v) is 15.3. The molecule has 138 valence electrons. The summed E-state index contributed by atoms with van der Waals surface area (Å²) >= 11 is 0. The Bertz CT molecular complexity index is 996. The van der Waals surface area contributed by atoms with Crippen molar-refractivity contribution in [1.29, 1.82) is 0 Å². The molecule has 0 aliphatic carbocycles. The highest BCUT2D eigenvalue weighted by molar-refractivity contribution is 5.78. The maximum Gasteiger partial charge on any atom is 0.226 e. The Kier molecular flexibility index (Phi) is 4.42. The molecule has 2 aromatic carbocycles. The molecule has 0 fully saturated rings. The van der Waals surface area contributed by atoms with Crippen LogP contribution in [0.25, 0.3) is 5.70 Å². The number of benzene rings is 2. The number of nitrogens with zero attached hydrogens (tertiary/aromatic N) is 3. The van der Waals surface area contributed by atoms with Crippen molar-refractivity contribution < 1.29 is 14.2 Å². The zero-order chi connectivity index (χ0) is 18.8. The molecule has 0 saturated carbocycles. The number of aromatic nitrogens is 3. The Labute approximate surface area is 157 Å². The average Bonchev–Trinajstić information content (AvgIpc) is 3.21. The molecule has 7 heteroatoms. The van der Waals surface area contributed by atoms with Crippen molar-refractivity contribution in [3.63, 3.8) is 0 Å². The molecular formula is C20H20N4O3. The molecule has 1 atom stereocenters. The first-order valence-corrected chi connectivity index (χ1v) is 8.48. The van der Waals surface area contributed by atoms with Crippen LogP contribution in [0.5, 0.6) is 17.2 Å². The Morgan fingerprint density at radius 3 is 2.63 bits per heavy atom. The summed E-state index contributed by atoms with van der Waals surface area (Å²) in [5, 5.41) is 7.72. The van der Waals surface area contributed by atoms with Gasteiger partial charge < -0.3 is 19.5 Å². The van der Waals surface area contributed by atoms with Crippen molar-refractivity contribution in [2.45, 2.75) is 6.04 Å². The van der Waals surface area contributed by atoms with Crippen LogP contribution in [0.2, 0.25) is 0 Å². The zero-order valence-electron chi connectivity index (χ0n) is 15.3. The lowest BCUT2D eigenvalue weighted by Crippen LogP contribution is -2.20. The van der Waals surface area contributed by atoms with Crippen molar-refractivity contribution in [1.82, 2.24) is 14.8 Å². The second-order valence-electron chi connectivity index (χ2n) is 5.99. The summed E-state index contributed by atoms with van der Waals surface area (Å²) in [7, 11) is 4.92. The minimum absolute atomic E-state index is 0.199. The lowest BCUT2D eigenvalue weighted by molar-refractivity contribution is 0.349. The molecule has 2 heterocycles. The third kappa shape index (κ3) is 2.97. The van der Waals surface area contributed by atoms with Gasteiger partial charge in [-0.1, -0.05) is 24.3 Å². The fourth-order valence-electron chi connectivity index (χ4n) is 3.26. The number of hydrogen-bond donors (Lipinski definition) is 1. The number of nitrogens with one attached hydrogen (secondary N) is 1. The number of anilines is 1. The first-order valence-electron chi connectivity index (χ1n) is 8.48. The predicted molar refractivity (Wildman–Crippen MR) is 102 cm³/mol. The van der Waals surface area contributed by atoms with Gasteiger partial charge in [0.1, 0.15) is 18.1 Å². The van der Waals surface area contributed by atoms with Gasteiger partial charge in [-0.15, -0.1) is 0 Å². The Morgan fingerprint density at radius 1 is 1.00 bits per heavy atom. The molecule has 4 rings (SSSR count). The van der Waals surface area contributed by atoms with E-state index in [1.165, 1.54) is 6.33 Å². The lowest BCUT2D eigenvalue weighted by Gasteiger charge is -2.26. The van der Waals surface area contributed by atoms with Gasteiger partial charge >= 0.3 is 0 Å². The van der Waals surface area contributed by atoms with Crippen LogP contribution >= 0.6 is 0 Å². The van der Waals surface area contributed by atoms with E-state index in [2.05, 4.69) is 21.5 Å². The van der Waals surface area contributed by atoms with Crippen LogP contribution in [0.3, 0.4) is 0 Å². The summed E-state index contributed by atoms with van der Waals surface area (Å²) < 4.78 is 18.3. The fraction of sp³-hybridized carbons (Fsp3) is 0.200. The number of ether oxygens (including phenoxy) is 3. The van der Waals surface area contributed by atoms with Crippen LogP contribution in [0, 0.1) is 0 Å². The molecule has 0 saturated heterocycles. The van der Waals surface area contributed by atoms with Gasteiger partial charge in [-0.2, -0.15) is 10.1 Å². The Morgan fingerprint density at radius 2 is 1.85 bits per heavy atom. The van der Waals surface area contributed by atoms with E-state index >= 15 is 0 Å². The number of fused-ring (bicyclic) bond motifs is 1. The number of allylic oxidation sites excluding steroid dienone is 1. The summed E-state index contributed by atoms with van der Waals surface area (Å²) in [5.74, 6) is 2.80. The van der Waals surface area contributed by atoms with E-state index in [1.54, 1.807) is 21.3 Å². The minimum atomic E-state index is -0.199. The third-order valence-corrected chi connectivity index (χ3v) is 4.54. The summed E-state index contributed by atoms with van der Waals surface area (Å²) in [5.41, 5.74) is 2.85. The Balaban J connectivity index is 1.85. The quantitative estimate of drug-likeness (QED) is 0.749. The topological polar surface area (TPSA) is 70.4 Å². The van der Waals surface area contributed by atoms with E-state index in [0.29, 0.717) is 17.4 Å². The van der Waals surface area contributed by atoms with Crippen LogP contribution < -0.4 is 19.5 Å². The maximum absolute atomic E-state index is 5.63. The molecule has 0 amide bonds. The summed E-state index contributed by atoms with van der Waals surface area (Å²) in [6, 6.07) is 13.5. The van der Waals surface area contributed by atoms with Gasteiger partial charge in [-0.05, 0) is 24.3 Å². The number of rotatable bonds is 5. The van der Waals surface area contributed by atoms with Crippen LogP contribution in [0.4, 0.5) is 5.95 Å². The van der Waals surface area contributed by atoms with Gasteiger partial charge in [-0.3, -0.25) is 0 Å². The van der Waals surface area contributed by atoms with Crippen molar-refractivity contribution in [3.8, 4) is 17.2 Å². The molecule has 7 nitrogen and oxygen atoms in total. The number of hydrogen-bond acceptors (Lipinski definition) is 6. The number of methoxy groups -OCH3 is 3. The highest BCUT2D eigenvalue weighted by Gasteiger charge is 2.27. The molecule has 27 heavy (non-hydrogen) atoms. The molecule has 1 N–H and O–H groups in total. The molecule has 0 unspecified atom stereocenters. The maximum atomic E-state index is 5.63. The van der Waals surface area contributed by atoms with E-state index in [-0.39, 0.29) is 6.04 Å². The summed E-state index contributed by atoms with van der Waals surface area (Å²) in [4.78, 5) is 4.35. The van der Waals surface area contributed by atoms with E-state index < -0.39 is 0 Å². The van der Waals surface area contributed by atoms with Gasteiger partial charge in [0.2, 0.25) is 5.95 Å². The van der Waals surface area contributed by atoms with Gasteiger partial charge in [0, 0.05) is 16.8 Å². The average molecular weight is 364 g/mol. The summed E-state index contributed by atoms with van der Waals surface area (Å²) in [6.07, 6.45) is 3.62. The minimum Gasteiger partial charge on any atom is -0.497 e. The highest BCUT2D eigenvalue weighted by Crippen LogP contribution is 2.40. The molecular weight excluding hydrogens is 344 g/mol. The molecule has 1 aliphatic rings. The Hall–Kier alpha value is -3.48. The van der Waals surface area contributed by atoms with E-state index in [4.69, 9.17) is 14.2 Å².